The van der Waals surface area contributed by atoms with E-state index in [0.717, 1.165) is 6.42 Å². The summed E-state index contributed by atoms with van der Waals surface area (Å²) in [7, 11) is 0. The summed E-state index contributed by atoms with van der Waals surface area (Å²) in [5, 5.41) is 0. The summed E-state index contributed by atoms with van der Waals surface area (Å²) in [6.07, 6.45) is 1.19. The van der Waals surface area contributed by atoms with E-state index < -0.39 is 5.79 Å². The Balaban J connectivity index is 1.84. The first kappa shape index (κ1) is 11.9. The maximum absolute atomic E-state index is 10.8. The molecule has 0 radical (unpaired) electrons. The van der Waals surface area contributed by atoms with E-state index >= 15 is 0 Å². The zero-order chi connectivity index (χ0) is 12.0. The quantitative estimate of drug-likeness (QED) is 0.690. The van der Waals surface area contributed by atoms with Crippen LogP contribution in [0.1, 0.15) is 34.1 Å². The Morgan fingerprint density at radius 1 is 1.44 bits per heavy atom. The molecule has 2 fully saturated rings. The molecular formula is C12H20O4. The van der Waals surface area contributed by atoms with Gasteiger partial charge in [0.1, 0.15) is 0 Å². The standard InChI is InChI=1S/C12H20O4/c1-8(13)14-7-12(4)5-9(12)10-6-15-11(2,3)16-10/h9-10H,5-7H2,1-4H3. The van der Waals surface area contributed by atoms with Crippen molar-refractivity contribution in [1.29, 1.82) is 0 Å². The van der Waals surface area contributed by atoms with Gasteiger partial charge in [0.2, 0.25) is 0 Å². The highest BCUT2D eigenvalue weighted by Crippen LogP contribution is 2.56. The SMILES string of the molecule is CC(=O)OCC1(C)CC1C1COC(C)(C)O1. The Hall–Kier alpha value is -0.610. The number of carbonyl (C=O) groups excluding carboxylic acids is 1. The van der Waals surface area contributed by atoms with E-state index in [1.165, 1.54) is 6.92 Å². The molecule has 16 heavy (non-hydrogen) atoms. The largest absolute Gasteiger partial charge is 0.465 e. The van der Waals surface area contributed by atoms with Crippen molar-refractivity contribution >= 4 is 5.97 Å². The topological polar surface area (TPSA) is 44.8 Å². The zero-order valence-electron chi connectivity index (χ0n) is 10.4. The Bertz CT molecular complexity index is 299. The summed E-state index contributed by atoms with van der Waals surface area (Å²) in [5.74, 6) is -0.222. The fourth-order valence-electron chi connectivity index (χ4n) is 2.37. The summed E-state index contributed by atoms with van der Waals surface area (Å²) in [6, 6.07) is 0. The highest BCUT2D eigenvalue weighted by molar-refractivity contribution is 5.65. The molecule has 0 spiro atoms. The molecule has 0 aromatic heterocycles. The van der Waals surface area contributed by atoms with Crippen molar-refractivity contribution in [3.8, 4) is 0 Å². The van der Waals surface area contributed by atoms with Crippen LogP contribution < -0.4 is 0 Å². The van der Waals surface area contributed by atoms with Gasteiger partial charge in [0.25, 0.3) is 0 Å². The molecule has 0 bridgehead atoms. The van der Waals surface area contributed by atoms with Crippen molar-refractivity contribution < 1.29 is 19.0 Å². The van der Waals surface area contributed by atoms with Crippen LogP contribution in [0.5, 0.6) is 0 Å². The van der Waals surface area contributed by atoms with Crippen LogP contribution in [0.3, 0.4) is 0 Å². The fraction of sp³-hybridized carbons (Fsp3) is 0.917. The molecule has 4 heteroatoms. The average molecular weight is 228 g/mol. The molecule has 1 aliphatic carbocycles. The van der Waals surface area contributed by atoms with E-state index in [4.69, 9.17) is 14.2 Å². The van der Waals surface area contributed by atoms with Gasteiger partial charge in [-0.15, -0.1) is 0 Å². The smallest absolute Gasteiger partial charge is 0.302 e. The van der Waals surface area contributed by atoms with Crippen molar-refractivity contribution in [3.63, 3.8) is 0 Å². The van der Waals surface area contributed by atoms with Gasteiger partial charge in [-0.3, -0.25) is 4.79 Å². The summed E-state index contributed by atoms with van der Waals surface area (Å²) >= 11 is 0. The van der Waals surface area contributed by atoms with E-state index in [0.29, 0.717) is 19.1 Å². The lowest BCUT2D eigenvalue weighted by Gasteiger charge is -2.18. The number of hydrogen-bond donors (Lipinski definition) is 0. The van der Waals surface area contributed by atoms with Gasteiger partial charge in [0.15, 0.2) is 5.79 Å². The predicted molar refractivity (Wildman–Crippen MR) is 57.8 cm³/mol. The molecule has 3 unspecified atom stereocenters. The first-order valence-corrected chi connectivity index (χ1v) is 5.78. The first-order valence-electron chi connectivity index (χ1n) is 5.78. The van der Waals surface area contributed by atoms with Gasteiger partial charge >= 0.3 is 5.97 Å². The molecule has 1 saturated carbocycles. The van der Waals surface area contributed by atoms with E-state index in [1.54, 1.807) is 0 Å². The van der Waals surface area contributed by atoms with Gasteiger partial charge in [0, 0.05) is 12.3 Å². The molecule has 2 aliphatic rings. The third-order valence-electron chi connectivity index (χ3n) is 3.51. The van der Waals surface area contributed by atoms with Crippen molar-refractivity contribution in [2.24, 2.45) is 11.3 Å². The first-order chi connectivity index (χ1) is 7.32. The van der Waals surface area contributed by atoms with E-state index in [-0.39, 0.29) is 17.5 Å². The maximum atomic E-state index is 10.8. The molecule has 1 heterocycles. The second-order valence-corrected chi connectivity index (χ2v) is 5.61. The third-order valence-corrected chi connectivity index (χ3v) is 3.51. The number of hydrogen-bond acceptors (Lipinski definition) is 4. The molecule has 0 aromatic carbocycles. The van der Waals surface area contributed by atoms with Crippen molar-refractivity contribution in [1.82, 2.24) is 0 Å². The lowest BCUT2D eigenvalue weighted by molar-refractivity contribution is -0.146. The summed E-state index contributed by atoms with van der Waals surface area (Å²) in [4.78, 5) is 10.8. The van der Waals surface area contributed by atoms with Gasteiger partial charge in [-0.05, 0) is 26.2 Å². The predicted octanol–water partition coefficient (Wildman–Crippen LogP) is 1.73. The molecule has 0 aromatic rings. The van der Waals surface area contributed by atoms with Crippen LogP contribution in [0.25, 0.3) is 0 Å². The molecule has 0 N–H and O–H groups in total. The fourth-order valence-corrected chi connectivity index (χ4v) is 2.37. The Morgan fingerprint density at radius 2 is 2.12 bits per heavy atom. The van der Waals surface area contributed by atoms with Crippen LogP contribution in [-0.4, -0.2) is 31.1 Å². The van der Waals surface area contributed by atoms with Gasteiger partial charge in [-0.2, -0.15) is 0 Å². The third kappa shape index (κ3) is 2.38. The van der Waals surface area contributed by atoms with Crippen molar-refractivity contribution in [2.75, 3.05) is 13.2 Å². The Kier molecular flexibility index (Phi) is 2.75. The molecule has 92 valence electrons. The van der Waals surface area contributed by atoms with Crippen LogP contribution in [0.15, 0.2) is 0 Å². The van der Waals surface area contributed by atoms with Gasteiger partial charge in [-0.25, -0.2) is 0 Å². The average Bonchev–Trinajstić information content (AvgIpc) is 2.70. The lowest BCUT2D eigenvalue weighted by Crippen LogP contribution is -2.24. The summed E-state index contributed by atoms with van der Waals surface area (Å²) < 4.78 is 16.4. The van der Waals surface area contributed by atoms with Crippen molar-refractivity contribution in [2.45, 2.75) is 46.0 Å². The molecule has 2 rings (SSSR count). The molecular weight excluding hydrogens is 208 g/mol. The normalized spacial score (nSPS) is 40.8. The minimum Gasteiger partial charge on any atom is -0.465 e. The summed E-state index contributed by atoms with van der Waals surface area (Å²) in [6.45, 7) is 8.58. The zero-order valence-corrected chi connectivity index (χ0v) is 10.4. The minimum atomic E-state index is -0.463. The highest BCUT2D eigenvalue weighted by atomic mass is 16.7. The molecule has 0 amide bonds. The number of ether oxygens (including phenoxy) is 3. The van der Waals surface area contributed by atoms with E-state index in [2.05, 4.69) is 6.92 Å². The molecule has 1 saturated heterocycles. The van der Waals surface area contributed by atoms with Crippen LogP contribution in [0.2, 0.25) is 0 Å². The van der Waals surface area contributed by atoms with Crippen LogP contribution in [0.4, 0.5) is 0 Å². The lowest BCUT2D eigenvalue weighted by atomic mass is 10.1. The Labute approximate surface area is 96.2 Å². The number of rotatable bonds is 3. The van der Waals surface area contributed by atoms with Gasteiger partial charge in [0.05, 0.1) is 19.3 Å². The highest BCUT2D eigenvalue weighted by Gasteiger charge is 2.57. The minimum absolute atomic E-state index is 0.0834. The van der Waals surface area contributed by atoms with Gasteiger partial charge in [-0.1, -0.05) is 6.92 Å². The van der Waals surface area contributed by atoms with E-state index in [1.807, 2.05) is 13.8 Å². The molecule has 3 atom stereocenters. The van der Waals surface area contributed by atoms with Crippen LogP contribution in [-0.2, 0) is 19.0 Å². The van der Waals surface area contributed by atoms with Crippen molar-refractivity contribution in [3.05, 3.63) is 0 Å². The summed E-state index contributed by atoms with van der Waals surface area (Å²) in [5.41, 5.74) is 0.0834. The van der Waals surface area contributed by atoms with Crippen LogP contribution >= 0.6 is 0 Å². The van der Waals surface area contributed by atoms with Crippen LogP contribution in [0, 0.1) is 11.3 Å². The number of carbonyl (C=O) groups is 1. The second kappa shape index (κ2) is 3.70. The number of esters is 1. The van der Waals surface area contributed by atoms with Gasteiger partial charge < -0.3 is 14.2 Å². The monoisotopic (exact) mass is 228 g/mol. The molecule has 4 nitrogen and oxygen atoms in total. The van der Waals surface area contributed by atoms with E-state index in [9.17, 15) is 4.79 Å². The Morgan fingerprint density at radius 3 is 2.62 bits per heavy atom. The second-order valence-electron chi connectivity index (χ2n) is 5.61. The maximum Gasteiger partial charge on any atom is 0.302 e. The molecule has 1 aliphatic heterocycles.